The molecule has 0 radical (unpaired) electrons. The van der Waals surface area contributed by atoms with Crippen LogP contribution in [0.25, 0.3) is 0 Å². The number of hydrogen-bond acceptors (Lipinski definition) is 2. The summed E-state index contributed by atoms with van der Waals surface area (Å²) in [5, 5.41) is 12.2. The van der Waals surface area contributed by atoms with Crippen LogP contribution in [0.2, 0.25) is 0 Å². The summed E-state index contributed by atoms with van der Waals surface area (Å²) in [6.07, 6.45) is 2.16. The first-order valence-corrected chi connectivity index (χ1v) is 6.83. The average molecular weight is 276 g/mol. The van der Waals surface area contributed by atoms with Crippen LogP contribution >= 0.6 is 0 Å². The molecule has 2 N–H and O–H groups in total. The highest BCUT2D eigenvalue weighted by molar-refractivity contribution is 5.94. The summed E-state index contributed by atoms with van der Waals surface area (Å²) in [5.74, 6) is -0.947. The Labute approximate surface area is 118 Å². The van der Waals surface area contributed by atoms with E-state index >= 15 is 0 Å². The summed E-state index contributed by atoms with van der Waals surface area (Å²) in [5.41, 5.74) is 0.552. The number of likely N-dealkylation sites (tertiary alicyclic amines) is 1. The van der Waals surface area contributed by atoms with E-state index < -0.39 is 11.5 Å². The molecule has 20 heavy (non-hydrogen) atoms. The number of urea groups is 1. The smallest absolute Gasteiger partial charge is 0.329 e. The number of rotatable bonds is 2. The molecule has 5 heteroatoms. The van der Waals surface area contributed by atoms with E-state index in [2.05, 4.69) is 5.32 Å². The Morgan fingerprint density at radius 2 is 2.00 bits per heavy atom. The van der Waals surface area contributed by atoms with Gasteiger partial charge >= 0.3 is 12.0 Å². The van der Waals surface area contributed by atoms with Gasteiger partial charge in [-0.1, -0.05) is 18.2 Å². The molecule has 5 nitrogen and oxygen atoms in total. The van der Waals surface area contributed by atoms with Gasteiger partial charge in [-0.15, -0.1) is 0 Å². The first-order valence-electron chi connectivity index (χ1n) is 6.83. The quantitative estimate of drug-likeness (QED) is 0.872. The molecule has 2 rings (SSSR count). The van der Waals surface area contributed by atoms with Crippen molar-refractivity contribution < 1.29 is 14.7 Å². The summed E-state index contributed by atoms with van der Waals surface area (Å²) in [6.45, 7) is 3.99. The van der Waals surface area contributed by atoms with Gasteiger partial charge in [0.05, 0.1) is 0 Å². The minimum absolute atomic E-state index is 0.344. The van der Waals surface area contributed by atoms with E-state index in [1.807, 2.05) is 31.2 Å². The van der Waals surface area contributed by atoms with Gasteiger partial charge in [0, 0.05) is 12.2 Å². The van der Waals surface area contributed by atoms with E-state index in [9.17, 15) is 14.7 Å². The number of hydrogen-bond donors (Lipinski definition) is 2. The number of aryl methyl sites for hydroxylation is 1. The Morgan fingerprint density at radius 3 is 2.65 bits per heavy atom. The summed E-state index contributed by atoms with van der Waals surface area (Å²) >= 11 is 0. The van der Waals surface area contributed by atoms with Crippen molar-refractivity contribution in [3.05, 3.63) is 29.8 Å². The third kappa shape index (κ3) is 2.61. The molecule has 1 atom stereocenters. The monoisotopic (exact) mass is 276 g/mol. The van der Waals surface area contributed by atoms with Crippen LogP contribution in [-0.4, -0.2) is 34.1 Å². The zero-order chi connectivity index (χ0) is 14.8. The van der Waals surface area contributed by atoms with Gasteiger partial charge in [-0.2, -0.15) is 0 Å². The summed E-state index contributed by atoms with van der Waals surface area (Å²) < 4.78 is 0. The molecule has 0 spiro atoms. The number of aliphatic carboxylic acids is 1. The lowest BCUT2D eigenvalue weighted by Gasteiger charge is -2.41. The van der Waals surface area contributed by atoms with Gasteiger partial charge in [0.2, 0.25) is 0 Å². The van der Waals surface area contributed by atoms with Crippen LogP contribution in [0.15, 0.2) is 24.3 Å². The van der Waals surface area contributed by atoms with E-state index in [-0.39, 0.29) is 6.03 Å². The Bertz CT molecular complexity index is 530. The maximum absolute atomic E-state index is 12.4. The fraction of sp³-hybridized carbons (Fsp3) is 0.467. The zero-order valence-electron chi connectivity index (χ0n) is 11.8. The van der Waals surface area contributed by atoms with Crippen LogP contribution in [0.4, 0.5) is 10.5 Å². The highest BCUT2D eigenvalue weighted by Crippen LogP contribution is 2.29. The van der Waals surface area contributed by atoms with E-state index in [1.54, 1.807) is 6.92 Å². The fourth-order valence-electron chi connectivity index (χ4n) is 2.56. The van der Waals surface area contributed by atoms with E-state index in [1.165, 1.54) is 4.90 Å². The Balaban J connectivity index is 2.19. The second-order valence-corrected chi connectivity index (χ2v) is 5.43. The fourth-order valence-corrected chi connectivity index (χ4v) is 2.56. The van der Waals surface area contributed by atoms with Crippen molar-refractivity contribution in [3.8, 4) is 0 Å². The lowest BCUT2D eigenvalue weighted by molar-refractivity contribution is -0.150. The van der Waals surface area contributed by atoms with Crippen LogP contribution in [0.1, 0.15) is 31.7 Å². The second-order valence-electron chi connectivity index (χ2n) is 5.43. The first-order chi connectivity index (χ1) is 9.45. The minimum atomic E-state index is -1.12. The normalized spacial score (nSPS) is 22.4. The molecule has 108 valence electrons. The number of nitrogens with one attached hydrogen (secondary N) is 1. The molecule has 1 unspecified atom stereocenters. The summed E-state index contributed by atoms with van der Waals surface area (Å²) in [7, 11) is 0. The molecule has 1 saturated heterocycles. The van der Waals surface area contributed by atoms with Gasteiger partial charge in [0.15, 0.2) is 0 Å². The largest absolute Gasteiger partial charge is 0.480 e. The van der Waals surface area contributed by atoms with Gasteiger partial charge in [-0.3, -0.25) is 0 Å². The third-order valence-electron chi connectivity index (χ3n) is 3.98. The van der Waals surface area contributed by atoms with Crippen molar-refractivity contribution in [2.24, 2.45) is 0 Å². The standard InChI is InChI=1S/C15H20N2O3/c1-11-7-3-4-8-12(11)16-14(20)17-10-6-5-9-15(17,2)13(18)19/h3-4,7-8H,5-6,9-10H2,1-2H3,(H,16,20)(H,18,19). The molecule has 0 aliphatic carbocycles. The van der Waals surface area contributed by atoms with Crippen molar-refractivity contribution in [1.82, 2.24) is 4.90 Å². The number of anilines is 1. The van der Waals surface area contributed by atoms with Gasteiger partial charge in [-0.25, -0.2) is 9.59 Å². The topological polar surface area (TPSA) is 69.6 Å². The Hall–Kier alpha value is -2.04. The number of benzene rings is 1. The minimum Gasteiger partial charge on any atom is -0.480 e. The highest BCUT2D eigenvalue weighted by atomic mass is 16.4. The molecule has 0 bridgehead atoms. The molecular weight excluding hydrogens is 256 g/mol. The molecule has 1 aromatic carbocycles. The maximum Gasteiger partial charge on any atom is 0.329 e. The van der Waals surface area contributed by atoms with Crippen molar-refractivity contribution in [2.75, 3.05) is 11.9 Å². The summed E-state index contributed by atoms with van der Waals surface area (Å²) in [4.78, 5) is 25.3. The first kappa shape index (κ1) is 14.4. The third-order valence-corrected chi connectivity index (χ3v) is 3.98. The number of para-hydroxylation sites is 1. The number of carbonyl (C=O) groups is 2. The molecule has 1 fully saturated rings. The lowest BCUT2D eigenvalue weighted by atomic mass is 9.89. The van der Waals surface area contributed by atoms with Crippen LogP contribution in [0.5, 0.6) is 0 Å². The van der Waals surface area contributed by atoms with Crippen LogP contribution in [-0.2, 0) is 4.79 Å². The zero-order valence-corrected chi connectivity index (χ0v) is 11.8. The predicted molar refractivity (Wildman–Crippen MR) is 76.8 cm³/mol. The summed E-state index contributed by atoms with van der Waals surface area (Å²) in [6, 6.07) is 7.11. The van der Waals surface area contributed by atoms with Crippen molar-refractivity contribution in [2.45, 2.75) is 38.6 Å². The molecule has 0 saturated carbocycles. The Morgan fingerprint density at radius 1 is 1.30 bits per heavy atom. The molecule has 1 aromatic rings. The van der Waals surface area contributed by atoms with Crippen molar-refractivity contribution >= 4 is 17.7 Å². The number of piperidine rings is 1. The van der Waals surface area contributed by atoms with Crippen molar-refractivity contribution in [1.29, 1.82) is 0 Å². The highest BCUT2D eigenvalue weighted by Gasteiger charge is 2.44. The SMILES string of the molecule is Cc1ccccc1NC(=O)N1CCCCC1(C)C(=O)O. The number of carboxylic acids is 1. The molecule has 2 amide bonds. The van der Waals surface area contributed by atoms with E-state index in [0.29, 0.717) is 13.0 Å². The molecule has 1 aliphatic heterocycles. The van der Waals surface area contributed by atoms with Gasteiger partial charge in [0.1, 0.15) is 5.54 Å². The molecule has 1 heterocycles. The maximum atomic E-state index is 12.4. The van der Waals surface area contributed by atoms with Crippen LogP contribution < -0.4 is 5.32 Å². The number of carboxylic acid groups (broad SMARTS) is 1. The molecule has 0 aromatic heterocycles. The molecule has 1 aliphatic rings. The lowest BCUT2D eigenvalue weighted by Crippen LogP contribution is -2.58. The molecular formula is C15H20N2O3. The number of carbonyl (C=O) groups excluding carboxylic acids is 1. The number of nitrogens with zero attached hydrogens (tertiary/aromatic N) is 1. The van der Waals surface area contributed by atoms with Crippen LogP contribution in [0, 0.1) is 6.92 Å². The van der Waals surface area contributed by atoms with Crippen LogP contribution in [0.3, 0.4) is 0 Å². The van der Waals surface area contributed by atoms with Gasteiger partial charge < -0.3 is 15.3 Å². The number of amides is 2. The van der Waals surface area contributed by atoms with Gasteiger partial charge in [-0.05, 0) is 44.7 Å². The van der Waals surface area contributed by atoms with E-state index in [4.69, 9.17) is 0 Å². The predicted octanol–water partition coefficient (Wildman–Crippen LogP) is 2.86. The van der Waals surface area contributed by atoms with Gasteiger partial charge in [0.25, 0.3) is 0 Å². The average Bonchev–Trinajstić information content (AvgIpc) is 2.41. The van der Waals surface area contributed by atoms with E-state index in [0.717, 1.165) is 24.1 Å². The van der Waals surface area contributed by atoms with Crippen molar-refractivity contribution in [3.63, 3.8) is 0 Å². The Kier molecular flexibility index (Phi) is 3.97. The second kappa shape index (κ2) is 5.53.